The molecule has 0 heterocycles. The Morgan fingerprint density at radius 3 is 1.90 bits per heavy atom. The van der Waals surface area contributed by atoms with Gasteiger partial charge in [-0.15, -0.1) is 0 Å². The summed E-state index contributed by atoms with van der Waals surface area (Å²) >= 11 is 0. The predicted octanol–water partition coefficient (Wildman–Crippen LogP) is 6.72. The Hall–Kier alpha value is -2.43. The maximum atomic E-state index is 13.4. The summed E-state index contributed by atoms with van der Waals surface area (Å²) in [6.07, 6.45) is 2.13. The Bertz CT molecular complexity index is 1080. The number of benzene rings is 3. The van der Waals surface area contributed by atoms with Gasteiger partial charge >= 0.3 is 0 Å². The molecule has 0 aliphatic carbocycles. The van der Waals surface area contributed by atoms with Crippen molar-refractivity contribution in [2.24, 2.45) is 5.41 Å². The molecule has 3 rings (SSSR count). The van der Waals surface area contributed by atoms with Gasteiger partial charge in [0.2, 0.25) is 0 Å². The van der Waals surface area contributed by atoms with Crippen LogP contribution < -0.4 is 0 Å². The van der Waals surface area contributed by atoms with Gasteiger partial charge in [-0.05, 0) is 47.1 Å². The van der Waals surface area contributed by atoms with Crippen LogP contribution in [0, 0.1) is 5.41 Å². The molecule has 1 atom stereocenters. The minimum Gasteiger partial charge on any atom is -0.250 e. The van der Waals surface area contributed by atoms with Gasteiger partial charge in [-0.25, -0.2) is 4.18 Å². The zero-order valence-corrected chi connectivity index (χ0v) is 19.7. The van der Waals surface area contributed by atoms with E-state index in [2.05, 4.69) is 33.8 Å². The Morgan fingerprint density at radius 2 is 1.32 bits per heavy atom. The van der Waals surface area contributed by atoms with Crippen LogP contribution in [0.4, 0.5) is 0 Å². The molecule has 0 saturated heterocycles. The third-order valence-corrected chi connectivity index (χ3v) is 6.65. The molecule has 3 nitrogen and oxygen atoms in total. The van der Waals surface area contributed by atoms with E-state index < -0.39 is 15.7 Å². The van der Waals surface area contributed by atoms with Crippen LogP contribution in [0.15, 0.2) is 89.8 Å². The Labute approximate surface area is 187 Å². The summed E-state index contributed by atoms with van der Waals surface area (Å²) < 4.78 is 33.1. The molecule has 0 aliphatic heterocycles. The first-order valence-corrected chi connectivity index (χ1v) is 12.2. The lowest BCUT2D eigenvalue weighted by Crippen LogP contribution is -2.35. The fourth-order valence-electron chi connectivity index (χ4n) is 4.09. The molecular formula is C27H32O3S. The van der Waals surface area contributed by atoms with Gasteiger partial charge in [-0.1, -0.05) is 107 Å². The zero-order chi connectivity index (χ0) is 22.5. The molecule has 0 amide bonds. The average molecular weight is 437 g/mol. The summed E-state index contributed by atoms with van der Waals surface area (Å²) in [5.41, 5.74) is 1.81. The Kier molecular flexibility index (Phi) is 7.03. The van der Waals surface area contributed by atoms with Gasteiger partial charge in [0.1, 0.15) is 5.60 Å². The largest absolute Gasteiger partial charge is 0.298 e. The lowest BCUT2D eigenvalue weighted by molar-refractivity contribution is 0.106. The molecule has 31 heavy (non-hydrogen) atoms. The topological polar surface area (TPSA) is 43.4 Å². The monoisotopic (exact) mass is 436 g/mol. The highest BCUT2D eigenvalue weighted by atomic mass is 32.2. The number of rotatable bonds is 8. The van der Waals surface area contributed by atoms with Crippen molar-refractivity contribution in [3.63, 3.8) is 0 Å². The summed E-state index contributed by atoms with van der Waals surface area (Å²) in [7, 11) is -4.00. The van der Waals surface area contributed by atoms with Crippen molar-refractivity contribution in [3.8, 4) is 0 Å². The van der Waals surface area contributed by atoms with Crippen molar-refractivity contribution in [1.29, 1.82) is 0 Å². The Balaban J connectivity index is 2.26. The molecule has 3 aromatic rings. The summed E-state index contributed by atoms with van der Waals surface area (Å²) in [5.74, 6) is 0. The third-order valence-electron chi connectivity index (χ3n) is 5.30. The summed E-state index contributed by atoms with van der Waals surface area (Å²) in [4.78, 5) is 0.166. The third kappa shape index (κ3) is 5.44. The number of hydrogen-bond acceptors (Lipinski definition) is 3. The van der Waals surface area contributed by atoms with E-state index in [4.69, 9.17) is 4.18 Å². The lowest BCUT2D eigenvalue weighted by Gasteiger charge is -2.36. The van der Waals surface area contributed by atoms with Gasteiger partial charge in [-0.2, -0.15) is 8.42 Å². The van der Waals surface area contributed by atoms with E-state index in [9.17, 15) is 8.42 Å². The van der Waals surface area contributed by atoms with E-state index in [1.54, 1.807) is 30.3 Å². The second-order valence-electron chi connectivity index (χ2n) is 9.19. The predicted molar refractivity (Wildman–Crippen MR) is 126 cm³/mol. The first-order valence-electron chi connectivity index (χ1n) is 10.8. The molecule has 0 N–H and O–H groups in total. The van der Waals surface area contributed by atoms with Crippen LogP contribution in [-0.4, -0.2) is 8.42 Å². The van der Waals surface area contributed by atoms with Crippen molar-refractivity contribution < 1.29 is 12.6 Å². The lowest BCUT2D eigenvalue weighted by atomic mass is 9.77. The molecule has 0 fully saturated rings. The molecule has 0 radical (unpaired) electrons. The van der Waals surface area contributed by atoms with Gasteiger partial charge in [0.15, 0.2) is 0 Å². The van der Waals surface area contributed by atoms with Crippen LogP contribution in [0.1, 0.15) is 57.2 Å². The summed E-state index contributed by atoms with van der Waals surface area (Å²) in [5, 5.41) is 0. The maximum Gasteiger partial charge on any atom is 0.298 e. The van der Waals surface area contributed by atoms with E-state index in [-0.39, 0.29) is 10.3 Å². The Morgan fingerprint density at radius 1 is 0.774 bits per heavy atom. The van der Waals surface area contributed by atoms with Crippen LogP contribution in [0.25, 0.3) is 0 Å². The van der Waals surface area contributed by atoms with Gasteiger partial charge < -0.3 is 0 Å². The van der Waals surface area contributed by atoms with Crippen LogP contribution in [-0.2, 0) is 26.3 Å². The van der Waals surface area contributed by atoms with E-state index >= 15 is 0 Å². The molecule has 0 bridgehead atoms. The molecule has 0 saturated carbocycles. The smallest absolute Gasteiger partial charge is 0.250 e. The van der Waals surface area contributed by atoms with Crippen molar-refractivity contribution in [2.45, 2.75) is 57.5 Å². The maximum absolute atomic E-state index is 13.4. The van der Waals surface area contributed by atoms with Crippen LogP contribution in [0.5, 0.6) is 0 Å². The van der Waals surface area contributed by atoms with Crippen LogP contribution in [0.3, 0.4) is 0 Å². The molecule has 0 aromatic heterocycles. The van der Waals surface area contributed by atoms with Crippen molar-refractivity contribution in [2.75, 3.05) is 0 Å². The van der Waals surface area contributed by atoms with E-state index in [1.807, 2.05) is 48.5 Å². The number of hydrogen-bond donors (Lipinski definition) is 0. The van der Waals surface area contributed by atoms with E-state index in [1.165, 1.54) is 0 Å². The SMILES string of the molecule is CCCC(OS(=O)(=O)c1ccccc1)(c1ccccc1)c1ccccc1CC(C)(C)C. The van der Waals surface area contributed by atoms with E-state index in [0.29, 0.717) is 6.42 Å². The molecule has 164 valence electrons. The van der Waals surface area contributed by atoms with Gasteiger partial charge in [0.25, 0.3) is 10.1 Å². The van der Waals surface area contributed by atoms with Crippen molar-refractivity contribution >= 4 is 10.1 Å². The standard InChI is InChI=1S/C27H32O3S/c1-5-20-27(23-15-8-6-9-16-23,30-31(28,29)24-17-10-7-11-18-24)25-19-13-12-14-22(25)21-26(2,3)4/h6-19H,5,20-21H2,1-4H3. The normalized spacial score (nSPS) is 14.2. The summed E-state index contributed by atoms with van der Waals surface area (Å²) in [6, 6.07) is 26.2. The summed E-state index contributed by atoms with van der Waals surface area (Å²) in [6.45, 7) is 8.63. The van der Waals surface area contributed by atoms with E-state index in [0.717, 1.165) is 29.5 Å². The highest BCUT2D eigenvalue weighted by Gasteiger charge is 2.41. The highest BCUT2D eigenvalue weighted by Crippen LogP contribution is 2.43. The second-order valence-corrected chi connectivity index (χ2v) is 10.7. The van der Waals surface area contributed by atoms with Crippen LogP contribution >= 0.6 is 0 Å². The van der Waals surface area contributed by atoms with Crippen molar-refractivity contribution in [3.05, 3.63) is 102 Å². The van der Waals surface area contributed by atoms with Crippen molar-refractivity contribution in [1.82, 2.24) is 0 Å². The molecule has 4 heteroatoms. The van der Waals surface area contributed by atoms with Gasteiger partial charge in [0, 0.05) is 0 Å². The fourth-order valence-corrected chi connectivity index (χ4v) is 5.32. The first-order chi connectivity index (χ1) is 14.7. The minimum absolute atomic E-state index is 0.0447. The second kappa shape index (κ2) is 9.37. The average Bonchev–Trinajstić information content (AvgIpc) is 2.74. The highest BCUT2D eigenvalue weighted by molar-refractivity contribution is 7.86. The first kappa shape index (κ1) is 23.2. The van der Waals surface area contributed by atoms with Gasteiger partial charge in [0.05, 0.1) is 4.90 Å². The molecular weight excluding hydrogens is 404 g/mol. The van der Waals surface area contributed by atoms with Crippen LogP contribution in [0.2, 0.25) is 0 Å². The van der Waals surface area contributed by atoms with Gasteiger partial charge in [-0.3, -0.25) is 0 Å². The fraction of sp³-hybridized carbons (Fsp3) is 0.333. The molecule has 0 spiro atoms. The molecule has 0 aliphatic rings. The quantitative estimate of drug-likeness (QED) is 0.368. The minimum atomic E-state index is -4.00. The molecule has 3 aromatic carbocycles. The zero-order valence-electron chi connectivity index (χ0n) is 18.8. The molecule has 1 unspecified atom stereocenters.